The summed E-state index contributed by atoms with van der Waals surface area (Å²) in [5, 5.41) is 9.35. The summed E-state index contributed by atoms with van der Waals surface area (Å²) in [6.07, 6.45) is 2.27. The fraction of sp³-hybridized carbons (Fsp3) is 0.467. The number of anilines is 1. The molecule has 5 heteroatoms. The molecule has 2 aliphatic heterocycles. The summed E-state index contributed by atoms with van der Waals surface area (Å²) in [5.74, 6) is 0. The van der Waals surface area contributed by atoms with Gasteiger partial charge < -0.3 is 5.32 Å². The average Bonchev–Trinajstić information content (AvgIpc) is 2.42. The summed E-state index contributed by atoms with van der Waals surface area (Å²) in [4.78, 5) is 11.8. The van der Waals surface area contributed by atoms with Crippen LogP contribution in [0.5, 0.6) is 0 Å². The van der Waals surface area contributed by atoms with E-state index in [4.69, 9.17) is 0 Å². The molecule has 0 spiro atoms. The van der Waals surface area contributed by atoms with E-state index in [1.54, 1.807) is 7.05 Å². The second-order valence-electron chi connectivity index (χ2n) is 5.75. The Balaban J connectivity index is 2.03. The van der Waals surface area contributed by atoms with Crippen LogP contribution < -0.4 is 5.32 Å². The minimum absolute atomic E-state index is 0.00150. The summed E-state index contributed by atoms with van der Waals surface area (Å²) < 4.78 is -0.292. The molecule has 1 amide bonds. The molecular formula is C15H19N3OS. The third kappa shape index (κ3) is 2.30. The van der Waals surface area contributed by atoms with Crippen LogP contribution in [-0.2, 0) is 6.42 Å². The van der Waals surface area contributed by atoms with Gasteiger partial charge in [-0.25, -0.2) is 5.01 Å². The summed E-state index contributed by atoms with van der Waals surface area (Å²) >= 11 is 1.33. The van der Waals surface area contributed by atoms with E-state index in [9.17, 15) is 4.79 Å². The molecule has 20 heavy (non-hydrogen) atoms. The van der Waals surface area contributed by atoms with E-state index in [-0.39, 0.29) is 9.99 Å². The van der Waals surface area contributed by atoms with Gasteiger partial charge in [-0.15, -0.1) is 0 Å². The number of thioether (sulfide) groups is 1. The lowest BCUT2D eigenvalue weighted by atomic mass is 9.94. The predicted molar refractivity (Wildman–Crippen MR) is 84.6 cm³/mol. The number of carbonyl (C=O) groups excluding carboxylic acids is 1. The number of amides is 1. The van der Waals surface area contributed by atoms with Crippen LogP contribution in [-0.4, -0.2) is 34.3 Å². The van der Waals surface area contributed by atoms with Gasteiger partial charge in [0.15, 0.2) is 0 Å². The van der Waals surface area contributed by atoms with E-state index in [0.717, 1.165) is 24.2 Å². The van der Waals surface area contributed by atoms with Crippen molar-refractivity contribution >= 4 is 28.4 Å². The van der Waals surface area contributed by atoms with Crippen LogP contribution in [0.3, 0.4) is 0 Å². The summed E-state index contributed by atoms with van der Waals surface area (Å²) in [6.45, 7) is 5.16. The van der Waals surface area contributed by atoms with Crippen LogP contribution in [0.25, 0.3) is 0 Å². The van der Waals surface area contributed by atoms with E-state index in [0.29, 0.717) is 0 Å². The molecule has 0 unspecified atom stereocenters. The van der Waals surface area contributed by atoms with Crippen LogP contribution in [0.4, 0.5) is 10.5 Å². The quantitative estimate of drug-likeness (QED) is 0.862. The Morgan fingerprint density at radius 2 is 2.20 bits per heavy atom. The maximum atomic E-state index is 11.8. The highest BCUT2D eigenvalue weighted by Gasteiger charge is 2.36. The number of fused-ring (bicyclic) bond motifs is 1. The third-order valence-corrected chi connectivity index (χ3v) is 4.89. The lowest BCUT2D eigenvalue weighted by molar-refractivity contribution is 0.234. The van der Waals surface area contributed by atoms with E-state index in [1.165, 1.54) is 34.4 Å². The Morgan fingerprint density at radius 3 is 3.00 bits per heavy atom. The molecule has 0 atom stereocenters. The monoisotopic (exact) mass is 289 g/mol. The number of hydrazone groups is 1. The van der Waals surface area contributed by atoms with Crippen molar-refractivity contribution in [2.75, 3.05) is 18.9 Å². The van der Waals surface area contributed by atoms with Crippen molar-refractivity contribution in [3.8, 4) is 0 Å². The first-order valence-corrected chi connectivity index (χ1v) is 7.72. The number of carbonyl (C=O) groups is 1. The molecule has 3 rings (SSSR count). The number of nitrogens with zero attached hydrogens (tertiary/aromatic N) is 2. The maximum Gasteiger partial charge on any atom is 0.302 e. The van der Waals surface area contributed by atoms with Crippen LogP contribution in [0.2, 0.25) is 0 Å². The van der Waals surface area contributed by atoms with Gasteiger partial charge in [0.1, 0.15) is 0 Å². The van der Waals surface area contributed by atoms with Gasteiger partial charge >= 0.3 is 5.24 Å². The van der Waals surface area contributed by atoms with Crippen LogP contribution in [0, 0.1) is 0 Å². The third-order valence-electron chi connectivity index (χ3n) is 3.74. The minimum Gasteiger partial charge on any atom is -0.385 e. The number of aryl methyl sites for hydroxylation is 1. The standard InChI is InChI=1S/C15H19N3OS/c1-15(2)13(17-18(3)14(19)20-15)11-6-7-12-10(9-11)5-4-8-16-12/h6-7,9,16H,4-5,8H2,1-3H3. The van der Waals surface area contributed by atoms with E-state index in [2.05, 4.69) is 42.5 Å². The number of hydrogen-bond acceptors (Lipinski definition) is 4. The van der Waals surface area contributed by atoms with Crippen LogP contribution in [0.1, 0.15) is 31.4 Å². The van der Waals surface area contributed by atoms with Crippen molar-refractivity contribution in [3.05, 3.63) is 29.3 Å². The average molecular weight is 289 g/mol. The highest BCUT2D eigenvalue weighted by Crippen LogP contribution is 2.36. The second kappa shape index (κ2) is 4.81. The zero-order chi connectivity index (χ0) is 14.3. The fourth-order valence-corrected chi connectivity index (χ4v) is 3.54. The molecule has 1 N–H and O–H groups in total. The van der Waals surface area contributed by atoms with Crippen molar-refractivity contribution in [3.63, 3.8) is 0 Å². The molecule has 0 radical (unpaired) electrons. The first-order valence-electron chi connectivity index (χ1n) is 6.90. The zero-order valence-corrected chi connectivity index (χ0v) is 12.9. The van der Waals surface area contributed by atoms with Gasteiger partial charge in [0.2, 0.25) is 0 Å². The highest BCUT2D eigenvalue weighted by molar-refractivity contribution is 8.15. The van der Waals surface area contributed by atoms with Gasteiger partial charge in [0.05, 0.1) is 10.5 Å². The Kier molecular flexibility index (Phi) is 3.24. The molecule has 0 aliphatic carbocycles. The summed E-state index contributed by atoms with van der Waals surface area (Å²) in [6, 6.07) is 6.44. The molecule has 1 aromatic rings. The molecule has 0 saturated heterocycles. The van der Waals surface area contributed by atoms with Crippen molar-refractivity contribution < 1.29 is 4.79 Å². The highest BCUT2D eigenvalue weighted by atomic mass is 32.2. The molecule has 0 aromatic heterocycles. The molecule has 0 saturated carbocycles. The van der Waals surface area contributed by atoms with Crippen molar-refractivity contribution in [1.29, 1.82) is 0 Å². The maximum absolute atomic E-state index is 11.8. The smallest absolute Gasteiger partial charge is 0.302 e. The lowest BCUT2D eigenvalue weighted by Crippen LogP contribution is -2.39. The molecule has 1 aromatic carbocycles. The molecule has 4 nitrogen and oxygen atoms in total. The largest absolute Gasteiger partial charge is 0.385 e. The Morgan fingerprint density at radius 1 is 1.40 bits per heavy atom. The molecule has 2 aliphatic rings. The predicted octanol–water partition coefficient (Wildman–Crippen LogP) is 3.33. The van der Waals surface area contributed by atoms with Gasteiger partial charge in [-0.3, -0.25) is 4.79 Å². The molecule has 106 valence electrons. The first kappa shape index (κ1) is 13.5. The van der Waals surface area contributed by atoms with E-state index >= 15 is 0 Å². The lowest BCUT2D eigenvalue weighted by Gasteiger charge is -2.32. The Hall–Kier alpha value is -1.49. The summed E-state index contributed by atoms with van der Waals surface area (Å²) in [5.41, 5.74) is 4.66. The van der Waals surface area contributed by atoms with Crippen LogP contribution >= 0.6 is 11.8 Å². The van der Waals surface area contributed by atoms with E-state index in [1.807, 2.05) is 0 Å². The Labute approximate surface area is 123 Å². The second-order valence-corrected chi connectivity index (χ2v) is 7.33. The van der Waals surface area contributed by atoms with Gasteiger partial charge in [-0.2, -0.15) is 5.10 Å². The minimum atomic E-state index is -0.292. The van der Waals surface area contributed by atoms with Crippen molar-refractivity contribution in [2.24, 2.45) is 5.10 Å². The molecule has 2 heterocycles. The van der Waals surface area contributed by atoms with Gasteiger partial charge in [0, 0.05) is 19.3 Å². The first-order chi connectivity index (χ1) is 9.47. The number of benzene rings is 1. The number of rotatable bonds is 1. The molecular weight excluding hydrogens is 270 g/mol. The SMILES string of the molecule is CN1N=C(c2ccc3c(c2)CCCN3)C(C)(C)SC1=O. The number of nitrogens with one attached hydrogen (secondary N) is 1. The van der Waals surface area contributed by atoms with Gasteiger partial charge in [-0.1, -0.05) is 17.8 Å². The van der Waals surface area contributed by atoms with Gasteiger partial charge in [-0.05, 0) is 49.9 Å². The molecule has 0 bridgehead atoms. The van der Waals surface area contributed by atoms with Crippen LogP contribution in [0.15, 0.2) is 23.3 Å². The Bertz CT molecular complexity index is 595. The van der Waals surface area contributed by atoms with Crippen molar-refractivity contribution in [1.82, 2.24) is 5.01 Å². The topological polar surface area (TPSA) is 44.7 Å². The van der Waals surface area contributed by atoms with Crippen molar-refractivity contribution in [2.45, 2.75) is 31.4 Å². The fourth-order valence-electron chi connectivity index (χ4n) is 2.67. The summed E-state index contributed by atoms with van der Waals surface area (Å²) in [7, 11) is 1.71. The number of hydrogen-bond donors (Lipinski definition) is 1. The van der Waals surface area contributed by atoms with Gasteiger partial charge in [0.25, 0.3) is 0 Å². The van der Waals surface area contributed by atoms with E-state index < -0.39 is 0 Å². The normalized spacial score (nSPS) is 21.1. The molecule has 0 fully saturated rings. The zero-order valence-electron chi connectivity index (χ0n) is 12.1.